The standard InChI is InChI=1S/C19H36O/c1-4-5-6-7-8-9-10-11-12-18(20)17-13-15-19(2,3)16-14-17/h17H,4-16H2,1-3H3. The third-order valence-corrected chi connectivity index (χ3v) is 5.07. The first kappa shape index (κ1) is 17.7. The van der Waals surface area contributed by atoms with Gasteiger partial charge in [0.15, 0.2) is 0 Å². The van der Waals surface area contributed by atoms with E-state index in [9.17, 15) is 4.79 Å². The molecule has 0 aliphatic heterocycles. The summed E-state index contributed by atoms with van der Waals surface area (Å²) in [6.45, 7) is 6.94. The summed E-state index contributed by atoms with van der Waals surface area (Å²) >= 11 is 0. The number of ketones is 1. The minimum atomic E-state index is 0.396. The fraction of sp³-hybridized carbons (Fsp3) is 0.947. The van der Waals surface area contributed by atoms with Crippen molar-refractivity contribution in [3.05, 3.63) is 0 Å². The topological polar surface area (TPSA) is 17.1 Å². The van der Waals surface area contributed by atoms with Crippen molar-refractivity contribution in [3.8, 4) is 0 Å². The molecule has 0 saturated heterocycles. The molecular formula is C19H36O. The summed E-state index contributed by atoms with van der Waals surface area (Å²) < 4.78 is 0. The first-order valence-corrected chi connectivity index (χ1v) is 9.08. The lowest BCUT2D eigenvalue weighted by Crippen LogP contribution is -2.26. The highest BCUT2D eigenvalue weighted by molar-refractivity contribution is 5.81. The van der Waals surface area contributed by atoms with Gasteiger partial charge in [-0.3, -0.25) is 4.79 Å². The third-order valence-electron chi connectivity index (χ3n) is 5.07. The van der Waals surface area contributed by atoms with Gasteiger partial charge in [0.05, 0.1) is 0 Å². The molecule has 1 rings (SSSR count). The van der Waals surface area contributed by atoms with Gasteiger partial charge in [-0.15, -0.1) is 0 Å². The highest BCUT2D eigenvalue weighted by Crippen LogP contribution is 2.38. The van der Waals surface area contributed by atoms with Crippen molar-refractivity contribution in [1.82, 2.24) is 0 Å². The summed E-state index contributed by atoms with van der Waals surface area (Å²) in [6, 6.07) is 0. The normalized spacial score (nSPS) is 19.1. The van der Waals surface area contributed by atoms with Crippen molar-refractivity contribution in [1.29, 1.82) is 0 Å². The molecule has 1 saturated carbocycles. The molecule has 0 atom stereocenters. The lowest BCUT2D eigenvalue weighted by molar-refractivity contribution is -0.124. The van der Waals surface area contributed by atoms with Crippen molar-refractivity contribution in [3.63, 3.8) is 0 Å². The van der Waals surface area contributed by atoms with Crippen LogP contribution in [0.5, 0.6) is 0 Å². The van der Waals surface area contributed by atoms with E-state index in [2.05, 4.69) is 20.8 Å². The monoisotopic (exact) mass is 280 g/mol. The average Bonchev–Trinajstić information content (AvgIpc) is 2.41. The molecule has 0 amide bonds. The first-order chi connectivity index (χ1) is 9.55. The van der Waals surface area contributed by atoms with Crippen LogP contribution < -0.4 is 0 Å². The van der Waals surface area contributed by atoms with Crippen molar-refractivity contribution < 1.29 is 4.79 Å². The molecule has 1 heteroatoms. The molecule has 1 aliphatic rings. The molecule has 0 aromatic rings. The minimum Gasteiger partial charge on any atom is -0.299 e. The number of rotatable bonds is 10. The molecule has 0 heterocycles. The van der Waals surface area contributed by atoms with Crippen molar-refractivity contribution >= 4 is 5.78 Å². The second-order valence-electron chi connectivity index (χ2n) is 7.63. The summed E-state index contributed by atoms with van der Waals surface area (Å²) in [4.78, 5) is 12.2. The van der Waals surface area contributed by atoms with E-state index >= 15 is 0 Å². The Morgan fingerprint density at radius 2 is 1.40 bits per heavy atom. The van der Waals surface area contributed by atoms with Crippen molar-refractivity contribution in [2.75, 3.05) is 0 Å². The van der Waals surface area contributed by atoms with Crippen molar-refractivity contribution in [2.45, 2.75) is 104 Å². The number of Topliss-reactive ketones (excluding diaryl/α,β-unsaturated/α-hetero) is 1. The van der Waals surface area contributed by atoms with E-state index in [0.29, 0.717) is 17.1 Å². The zero-order chi connectivity index (χ0) is 14.8. The van der Waals surface area contributed by atoms with Gasteiger partial charge in [-0.2, -0.15) is 0 Å². The maximum atomic E-state index is 12.2. The number of carbonyl (C=O) groups is 1. The van der Waals surface area contributed by atoms with Crippen LogP contribution in [0.25, 0.3) is 0 Å². The Bertz CT molecular complexity index is 257. The summed E-state index contributed by atoms with van der Waals surface area (Å²) in [5, 5.41) is 0. The van der Waals surface area contributed by atoms with E-state index in [1.54, 1.807) is 0 Å². The van der Waals surface area contributed by atoms with Gasteiger partial charge in [0.1, 0.15) is 5.78 Å². The predicted molar refractivity (Wildman–Crippen MR) is 88.0 cm³/mol. The molecule has 1 aliphatic carbocycles. The van der Waals surface area contributed by atoms with E-state index in [4.69, 9.17) is 0 Å². The third kappa shape index (κ3) is 7.45. The number of unbranched alkanes of at least 4 members (excludes halogenated alkanes) is 7. The highest BCUT2D eigenvalue weighted by Gasteiger charge is 2.29. The molecule has 1 nitrogen and oxygen atoms in total. The highest BCUT2D eigenvalue weighted by atomic mass is 16.1. The van der Waals surface area contributed by atoms with E-state index in [1.807, 2.05) is 0 Å². The van der Waals surface area contributed by atoms with Crippen LogP contribution in [0.1, 0.15) is 104 Å². The second-order valence-corrected chi connectivity index (χ2v) is 7.63. The van der Waals surface area contributed by atoms with Gasteiger partial charge in [0, 0.05) is 12.3 Å². The molecule has 0 spiro atoms. The zero-order valence-electron chi connectivity index (χ0n) is 14.2. The average molecular weight is 280 g/mol. The lowest BCUT2D eigenvalue weighted by Gasteiger charge is -2.33. The van der Waals surface area contributed by atoms with Gasteiger partial charge in [-0.25, -0.2) is 0 Å². The SMILES string of the molecule is CCCCCCCCCCC(=O)C1CCC(C)(C)CC1. The predicted octanol–water partition coefficient (Wildman–Crippen LogP) is 6.30. The van der Waals surface area contributed by atoms with Crippen LogP contribution >= 0.6 is 0 Å². The summed E-state index contributed by atoms with van der Waals surface area (Å²) in [7, 11) is 0. The Morgan fingerprint density at radius 1 is 0.900 bits per heavy atom. The molecule has 118 valence electrons. The summed E-state index contributed by atoms with van der Waals surface area (Å²) in [6.07, 6.45) is 16.2. The molecule has 0 aromatic carbocycles. The van der Waals surface area contributed by atoms with Crippen LogP contribution in [0.2, 0.25) is 0 Å². The molecule has 0 N–H and O–H groups in total. The van der Waals surface area contributed by atoms with E-state index in [-0.39, 0.29) is 0 Å². The Kier molecular flexibility index (Phi) is 8.49. The Morgan fingerprint density at radius 3 is 1.95 bits per heavy atom. The summed E-state index contributed by atoms with van der Waals surface area (Å²) in [5.74, 6) is 0.957. The first-order valence-electron chi connectivity index (χ1n) is 9.08. The second kappa shape index (κ2) is 9.58. The van der Waals surface area contributed by atoms with Crippen LogP contribution in [0.15, 0.2) is 0 Å². The molecule has 0 bridgehead atoms. The maximum Gasteiger partial charge on any atom is 0.135 e. The smallest absolute Gasteiger partial charge is 0.135 e. The Balaban J connectivity index is 1.98. The van der Waals surface area contributed by atoms with Crippen LogP contribution in [0.4, 0.5) is 0 Å². The molecule has 20 heavy (non-hydrogen) atoms. The van der Waals surface area contributed by atoms with Gasteiger partial charge >= 0.3 is 0 Å². The van der Waals surface area contributed by atoms with Crippen LogP contribution in [-0.2, 0) is 4.79 Å². The minimum absolute atomic E-state index is 0.396. The van der Waals surface area contributed by atoms with E-state index in [0.717, 1.165) is 25.7 Å². The Labute approximate surface area is 126 Å². The van der Waals surface area contributed by atoms with Crippen LogP contribution in [-0.4, -0.2) is 5.78 Å². The van der Waals surface area contributed by atoms with Crippen LogP contribution in [0, 0.1) is 11.3 Å². The molecular weight excluding hydrogens is 244 g/mol. The van der Waals surface area contributed by atoms with Gasteiger partial charge in [0.25, 0.3) is 0 Å². The lowest BCUT2D eigenvalue weighted by atomic mass is 9.71. The summed E-state index contributed by atoms with van der Waals surface area (Å²) in [5.41, 5.74) is 0.481. The molecule has 1 fully saturated rings. The van der Waals surface area contributed by atoms with E-state index < -0.39 is 0 Å². The molecule has 0 radical (unpaired) electrons. The van der Waals surface area contributed by atoms with Gasteiger partial charge in [-0.05, 0) is 37.5 Å². The fourth-order valence-corrected chi connectivity index (χ4v) is 3.36. The number of carbonyl (C=O) groups excluding carboxylic acids is 1. The van der Waals surface area contributed by atoms with Crippen LogP contribution in [0.3, 0.4) is 0 Å². The molecule has 0 aromatic heterocycles. The van der Waals surface area contributed by atoms with Gasteiger partial charge in [0.2, 0.25) is 0 Å². The largest absolute Gasteiger partial charge is 0.299 e. The van der Waals surface area contributed by atoms with Gasteiger partial charge < -0.3 is 0 Å². The van der Waals surface area contributed by atoms with Gasteiger partial charge in [-0.1, -0.05) is 65.7 Å². The maximum absolute atomic E-state index is 12.2. The molecule has 0 unspecified atom stereocenters. The quantitative estimate of drug-likeness (QED) is 0.429. The fourth-order valence-electron chi connectivity index (χ4n) is 3.36. The van der Waals surface area contributed by atoms with E-state index in [1.165, 1.54) is 57.8 Å². The Hall–Kier alpha value is -0.330. The zero-order valence-corrected chi connectivity index (χ0v) is 14.2. The number of hydrogen-bond donors (Lipinski definition) is 0. The van der Waals surface area contributed by atoms with Crippen molar-refractivity contribution in [2.24, 2.45) is 11.3 Å². The number of hydrogen-bond acceptors (Lipinski definition) is 1.